The van der Waals surface area contributed by atoms with Gasteiger partial charge in [-0.3, -0.25) is 14.6 Å². The summed E-state index contributed by atoms with van der Waals surface area (Å²) in [5, 5.41) is 0.722. The average molecular weight is 644 g/mol. The predicted octanol–water partition coefficient (Wildman–Crippen LogP) is 6.19. The van der Waals surface area contributed by atoms with Gasteiger partial charge in [-0.15, -0.1) is 0 Å². The number of piperidine rings is 1. The average Bonchev–Trinajstić information content (AvgIpc) is 2.94. The summed E-state index contributed by atoms with van der Waals surface area (Å²) in [6.45, 7) is 6.26. The van der Waals surface area contributed by atoms with Crippen LogP contribution < -0.4 is 5.48 Å². The molecule has 1 saturated heterocycles. The fourth-order valence-corrected chi connectivity index (χ4v) is 6.56. The Morgan fingerprint density at radius 1 is 1.14 bits per heavy atom. The molecule has 0 radical (unpaired) electrons. The molecule has 1 aromatic heterocycles. The zero-order valence-corrected chi connectivity index (χ0v) is 24.5. The molecule has 1 aliphatic carbocycles. The van der Waals surface area contributed by atoms with Gasteiger partial charge < -0.3 is 9.64 Å². The van der Waals surface area contributed by atoms with E-state index in [1.807, 2.05) is 12.3 Å². The van der Waals surface area contributed by atoms with E-state index in [1.165, 1.54) is 16.7 Å². The van der Waals surface area contributed by atoms with Gasteiger partial charge in [-0.05, 0) is 103 Å². The van der Waals surface area contributed by atoms with Crippen LogP contribution in [0.3, 0.4) is 0 Å². The molecule has 2 aliphatic rings. The summed E-state index contributed by atoms with van der Waals surface area (Å²) < 4.78 is 7.10. The molecule has 10 heteroatoms. The lowest BCUT2D eigenvalue weighted by atomic mass is 9.76. The molecule has 0 spiro atoms. The molecular formula is C26H30Br2ClN3O4. The summed E-state index contributed by atoms with van der Waals surface area (Å²) >= 11 is 13.8. The van der Waals surface area contributed by atoms with Crippen molar-refractivity contribution in [1.29, 1.82) is 0 Å². The number of likely N-dealkylation sites (tertiary alicyclic amines) is 1. The van der Waals surface area contributed by atoms with Crippen molar-refractivity contribution in [3.8, 4) is 0 Å². The molecule has 194 valence electrons. The van der Waals surface area contributed by atoms with Gasteiger partial charge in [-0.2, -0.15) is 5.48 Å². The Bertz CT molecular complexity index is 1150. The molecule has 0 saturated carbocycles. The number of hydroxylamine groups is 1. The number of rotatable bonds is 4. The Morgan fingerprint density at radius 2 is 1.83 bits per heavy atom. The SMILES string of the molecule is CC(C)(C)OC(=O)NOCC(=O)N1CCC([C@H]2c3ncc(Br)cc3CCc3cc(Cl)cc(Br)c32)CC1. The van der Waals surface area contributed by atoms with Crippen molar-refractivity contribution in [2.75, 3.05) is 19.7 Å². The highest BCUT2D eigenvalue weighted by Crippen LogP contribution is 2.46. The van der Waals surface area contributed by atoms with Gasteiger partial charge in [-0.25, -0.2) is 4.79 Å². The van der Waals surface area contributed by atoms with Crippen LogP contribution in [0.1, 0.15) is 61.9 Å². The molecule has 1 aromatic carbocycles. The molecule has 1 fully saturated rings. The number of nitrogens with one attached hydrogen (secondary N) is 1. The van der Waals surface area contributed by atoms with Gasteiger partial charge in [0.1, 0.15) is 5.60 Å². The van der Waals surface area contributed by atoms with E-state index in [0.717, 1.165) is 45.3 Å². The molecule has 7 nitrogen and oxygen atoms in total. The smallest absolute Gasteiger partial charge is 0.431 e. The molecule has 0 bridgehead atoms. The molecule has 4 rings (SSSR count). The van der Waals surface area contributed by atoms with Gasteiger partial charge in [0.15, 0.2) is 6.61 Å². The Morgan fingerprint density at radius 3 is 2.53 bits per heavy atom. The fraction of sp³-hybridized carbons (Fsp3) is 0.500. The Balaban J connectivity index is 1.45. The van der Waals surface area contributed by atoms with E-state index in [-0.39, 0.29) is 18.4 Å². The number of halogens is 3. The van der Waals surface area contributed by atoms with Crippen molar-refractivity contribution in [3.05, 3.63) is 60.7 Å². The lowest BCUT2D eigenvalue weighted by Crippen LogP contribution is -2.43. The Kier molecular flexibility index (Phi) is 8.64. The standard InChI is InChI=1S/C26H30Br2ClN3O4/c1-26(2,3)36-25(34)31-35-14-21(33)32-8-6-15(7-9-32)23-22-16(11-19(29)12-20(22)28)4-5-17-10-18(27)13-30-24(17)23/h10-13,15,23H,4-9,14H2,1-3H3,(H,31,34)/t23-/m1/s1. The number of nitrogens with zero attached hydrogens (tertiary/aromatic N) is 2. The first kappa shape index (κ1) is 27.4. The van der Waals surface area contributed by atoms with E-state index < -0.39 is 11.7 Å². The van der Waals surface area contributed by atoms with E-state index in [1.54, 1.807) is 25.7 Å². The first-order valence-corrected chi connectivity index (χ1v) is 14.0. The molecule has 0 unspecified atom stereocenters. The number of pyridine rings is 1. The number of benzene rings is 1. The second-order valence-corrected chi connectivity index (χ2v) is 12.5. The van der Waals surface area contributed by atoms with E-state index >= 15 is 0 Å². The van der Waals surface area contributed by atoms with Gasteiger partial charge in [0.2, 0.25) is 0 Å². The molecule has 2 aromatic rings. The van der Waals surface area contributed by atoms with E-state index in [2.05, 4.69) is 49.5 Å². The first-order chi connectivity index (χ1) is 17.0. The molecule has 2 amide bonds. The molecule has 1 N–H and O–H groups in total. The topological polar surface area (TPSA) is 80.8 Å². The van der Waals surface area contributed by atoms with Crippen molar-refractivity contribution < 1.29 is 19.2 Å². The number of ether oxygens (including phenoxy) is 1. The minimum Gasteiger partial charge on any atom is -0.442 e. The number of carbonyl (C=O) groups is 2. The maximum Gasteiger partial charge on any atom is 0.431 e. The number of fused-ring (bicyclic) bond motifs is 2. The molecular weight excluding hydrogens is 614 g/mol. The predicted molar refractivity (Wildman–Crippen MR) is 145 cm³/mol. The monoisotopic (exact) mass is 641 g/mol. The molecule has 1 aliphatic heterocycles. The number of aromatic nitrogens is 1. The summed E-state index contributed by atoms with van der Waals surface area (Å²) in [4.78, 5) is 36.2. The van der Waals surface area contributed by atoms with Crippen LogP contribution in [-0.2, 0) is 27.2 Å². The fourth-order valence-electron chi connectivity index (χ4n) is 5.06. The van der Waals surface area contributed by atoms with Crippen molar-refractivity contribution in [1.82, 2.24) is 15.4 Å². The second-order valence-electron chi connectivity index (χ2n) is 10.2. The van der Waals surface area contributed by atoms with Crippen molar-refractivity contribution >= 4 is 55.5 Å². The van der Waals surface area contributed by atoms with Gasteiger partial charge in [0, 0.05) is 39.2 Å². The number of carbonyl (C=O) groups excluding carboxylic acids is 2. The van der Waals surface area contributed by atoms with E-state index in [4.69, 9.17) is 26.2 Å². The van der Waals surface area contributed by atoms with Crippen LogP contribution in [0.15, 0.2) is 33.3 Å². The maximum atomic E-state index is 12.7. The van der Waals surface area contributed by atoms with Gasteiger partial charge >= 0.3 is 6.09 Å². The lowest BCUT2D eigenvalue weighted by molar-refractivity contribution is -0.140. The van der Waals surface area contributed by atoms with Crippen molar-refractivity contribution in [2.24, 2.45) is 5.92 Å². The summed E-state index contributed by atoms with van der Waals surface area (Å²) in [5.74, 6) is 0.261. The minimum absolute atomic E-state index is 0.111. The Hall–Kier alpha value is -1.68. The van der Waals surface area contributed by atoms with Gasteiger partial charge in [0.25, 0.3) is 5.91 Å². The van der Waals surface area contributed by atoms with Crippen molar-refractivity contribution in [3.63, 3.8) is 0 Å². The van der Waals surface area contributed by atoms with Crippen LogP contribution in [0, 0.1) is 5.92 Å². The van der Waals surface area contributed by atoms with Gasteiger partial charge in [-0.1, -0.05) is 27.5 Å². The van der Waals surface area contributed by atoms with Crippen LogP contribution in [0.2, 0.25) is 5.02 Å². The number of amides is 2. The first-order valence-electron chi connectivity index (χ1n) is 12.0. The van der Waals surface area contributed by atoms with Crippen LogP contribution >= 0.6 is 43.5 Å². The molecule has 36 heavy (non-hydrogen) atoms. The zero-order valence-electron chi connectivity index (χ0n) is 20.6. The normalized spacial score (nSPS) is 18.2. The maximum absolute atomic E-state index is 12.7. The highest BCUT2D eigenvalue weighted by Gasteiger charge is 2.36. The zero-order chi connectivity index (χ0) is 26.0. The number of hydrogen-bond donors (Lipinski definition) is 1. The highest BCUT2D eigenvalue weighted by molar-refractivity contribution is 9.10. The van der Waals surface area contributed by atoms with E-state index in [9.17, 15) is 9.59 Å². The van der Waals surface area contributed by atoms with Crippen LogP contribution in [0.25, 0.3) is 0 Å². The quantitative estimate of drug-likeness (QED) is 0.403. The Labute approximate surface area is 233 Å². The summed E-state index contributed by atoms with van der Waals surface area (Å²) in [5.41, 5.74) is 6.38. The third-order valence-corrected chi connectivity index (χ3v) is 7.84. The number of aryl methyl sites for hydroxylation is 2. The minimum atomic E-state index is -0.718. The lowest BCUT2D eigenvalue weighted by Gasteiger charge is -2.37. The van der Waals surface area contributed by atoms with Gasteiger partial charge in [0.05, 0.1) is 5.69 Å². The third-order valence-electron chi connectivity index (χ3n) is 6.53. The largest absolute Gasteiger partial charge is 0.442 e. The second kappa shape index (κ2) is 11.4. The van der Waals surface area contributed by atoms with Crippen LogP contribution in [-0.4, -0.2) is 47.2 Å². The summed E-state index contributed by atoms with van der Waals surface area (Å²) in [7, 11) is 0. The third kappa shape index (κ3) is 6.60. The molecule has 1 atom stereocenters. The van der Waals surface area contributed by atoms with E-state index in [0.29, 0.717) is 19.0 Å². The molecule has 2 heterocycles. The van der Waals surface area contributed by atoms with Crippen LogP contribution in [0.5, 0.6) is 0 Å². The number of hydrogen-bond acceptors (Lipinski definition) is 5. The van der Waals surface area contributed by atoms with Crippen LogP contribution in [0.4, 0.5) is 4.79 Å². The highest BCUT2D eigenvalue weighted by atomic mass is 79.9. The van der Waals surface area contributed by atoms with Crippen molar-refractivity contribution in [2.45, 2.75) is 58.0 Å². The summed E-state index contributed by atoms with van der Waals surface area (Å²) in [6.07, 6.45) is 4.62. The summed E-state index contributed by atoms with van der Waals surface area (Å²) in [6, 6.07) is 6.21.